The van der Waals surface area contributed by atoms with E-state index in [-0.39, 0.29) is 12.2 Å². The Balaban J connectivity index is 1.64. The first-order valence-corrected chi connectivity index (χ1v) is 9.90. The molecule has 2 aliphatic heterocycles. The maximum Gasteiger partial charge on any atom is 0.233 e. The van der Waals surface area contributed by atoms with Gasteiger partial charge in [0.05, 0.1) is 25.4 Å². The van der Waals surface area contributed by atoms with Crippen LogP contribution in [0.5, 0.6) is 0 Å². The molecule has 0 bridgehead atoms. The van der Waals surface area contributed by atoms with E-state index in [4.69, 9.17) is 19.4 Å². The highest BCUT2D eigenvalue weighted by Crippen LogP contribution is 2.23. The van der Waals surface area contributed by atoms with E-state index in [0.29, 0.717) is 31.1 Å². The maximum absolute atomic E-state index is 5.87. The number of hydrogen-bond acceptors (Lipinski definition) is 8. The Kier molecular flexibility index (Phi) is 5.59. The molecule has 0 amide bonds. The van der Waals surface area contributed by atoms with Gasteiger partial charge in [-0.05, 0) is 32.9 Å². The largest absolute Gasteiger partial charge is 0.378 e. The normalized spacial score (nSPS) is 23.0. The minimum atomic E-state index is 0.140. The second kappa shape index (κ2) is 8.28. The lowest BCUT2D eigenvalue weighted by atomic mass is 10.2. The first-order chi connectivity index (χ1) is 13.6. The average molecular weight is 384 g/mol. The van der Waals surface area contributed by atoms with Gasteiger partial charge in [0.15, 0.2) is 0 Å². The van der Waals surface area contributed by atoms with Crippen molar-refractivity contribution in [2.45, 2.75) is 33.0 Å². The van der Waals surface area contributed by atoms with Crippen LogP contribution in [-0.4, -0.2) is 66.6 Å². The lowest BCUT2D eigenvalue weighted by Gasteiger charge is -2.36. The molecule has 2 unspecified atom stereocenters. The Labute approximate surface area is 165 Å². The third-order valence-electron chi connectivity index (χ3n) is 4.92. The summed E-state index contributed by atoms with van der Waals surface area (Å²) in [6.45, 7) is 10.7. The van der Waals surface area contributed by atoms with Crippen LogP contribution in [0.15, 0.2) is 24.3 Å². The number of nitrogens with zero attached hydrogens (tertiary/aromatic N) is 5. The van der Waals surface area contributed by atoms with Crippen LogP contribution in [0.3, 0.4) is 0 Å². The van der Waals surface area contributed by atoms with Crippen LogP contribution in [0, 0.1) is 6.92 Å². The zero-order valence-electron chi connectivity index (χ0n) is 16.8. The van der Waals surface area contributed by atoms with Crippen molar-refractivity contribution in [1.29, 1.82) is 0 Å². The third-order valence-corrected chi connectivity index (χ3v) is 4.92. The molecule has 2 atom stereocenters. The zero-order valence-corrected chi connectivity index (χ0v) is 16.8. The van der Waals surface area contributed by atoms with Crippen molar-refractivity contribution >= 4 is 23.5 Å². The molecule has 0 radical (unpaired) electrons. The summed E-state index contributed by atoms with van der Waals surface area (Å²) in [7, 11) is 0. The second-order valence-electron chi connectivity index (χ2n) is 7.51. The molecule has 3 heterocycles. The van der Waals surface area contributed by atoms with Crippen LogP contribution in [0.25, 0.3) is 0 Å². The van der Waals surface area contributed by atoms with E-state index in [1.54, 1.807) is 0 Å². The number of morpholine rings is 2. The Bertz CT molecular complexity index is 784. The molecule has 0 aliphatic carbocycles. The summed E-state index contributed by atoms with van der Waals surface area (Å²) < 4.78 is 11.3. The van der Waals surface area contributed by atoms with Crippen LogP contribution in [0.4, 0.5) is 23.5 Å². The molecule has 0 saturated carbocycles. The van der Waals surface area contributed by atoms with E-state index in [1.807, 2.05) is 12.1 Å². The fourth-order valence-electron chi connectivity index (χ4n) is 3.56. The van der Waals surface area contributed by atoms with E-state index >= 15 is 0 Å². The number of nitrogens with one attached hydrogen (secondary N) is 1. The lowest BCUT2D eigenvalue weighted by Crippen LogP contribution is -2.46. The number of aryl methyl sites for hydroxylation is 1. The zero-order chi connectivity index (χ0) is 19.5. The van der Waals surface area contributed by atoms with Gasteiger partial charge < -0.3 is 24.6 Å². The first-order valence-electron chi connectivity index (χ1n) is 9.90. The molecule has 1 aromatic carbocycles. The Hall–Kier alpha value is -2.45. The van der Waals surface area contributed by atoms with E-state index in [9.17, 15) is 0 Å². The maximum atomic E-state index is 5.87. The summed E-state index contributed by atoms with van der Waals surface area (Å²) in [5, 5.41) is 3.33. The molecule has 2 fully saturated rings. The highest BCUT2D eigenvalue weighted by Gasteiger charge is 2.26. The van der Waals surface area contributed by atoms with Crippen LogP contribution in [0.1, 0.15) is 19.4 Å². The lowest BCUT2D eigenvalue weighted by molar-refractivity contribution is -0.00572. The fourth-order valence-corrected chi connectivity index (χ4v) is 3.56. The predicted molar refractivity (Wildman–Crippen MR) is 110 cm³/mol. The van der Waals surface area contributed by atoms with Crippen molar-refractivity contribution < 1.29 is 9.47 Å². The molecule has 1 N–H and O–H groups in total. The molecule has 2 aromatic rings. The SMILES string of the molecule is Cc1ccc(Nc2nc(N3CCOCC3)nc(N3CC(C)OC(C)C3)n2)cc1. The van der Waals surface area contributed by atoms with Crippen molar-refractivity contribution in [3.8, 4) is 0 Å². The van der Waals surface area contributed by atoms with Crippen molar-refractivity contribution in [3.05, 3.63) is 29.8 Å². The summed E-state index contributed by atoms with van der Waals surface area (Å²) in [6.07, 6.45) is 0.279. The topological polar surface area (TPSA) is 75.6 Å². The molecule has 8 nitrogen and oxygen atoms in total. The van der Waals surface area contributed by atoms with E-state index in [2.05, 4.69) is 53.0 Å². The standard InChI is InChI=1S/C20H28N6O2/c1-14-4-6-17(7-5-14)21-18-22-19(25-8-10-27-11-9-25)24-20(23-18)26-12-15(2)28-16(3)13-26/h4-7,15-16H,8-13H2,1-3H3,(H,21,22,23,24). The molecule has 1 aromatic heterocycles. The van der Waals surface area contributed by atoms with Crippen molar-refractivity contribution in [2.75, 3.05) is 54.5 Å². The van der Waals surface area contributed by atoms with Crippen molar-refractivity contribution in [2.24, 2.45) is 0 Å². The van der Waals surface area contributed by atoms with Crippen molar-refractivity contribution in [1.82, 2.24) is 15.0 Å². The summed E-state index contributed by atoms with van der Waals surface area (Å²) in [5.41, 5.74) is 2.17. The summed E-state index contributed by atoms with van der Waals surface area (Å²) in [5.74, 6) is 1.94. The highest BCUT2D eigenvalue weighted by molar-refractivity contribution is 5.56. The number of ether oxygens (including phenoxy) is 2. The minimum absolute atomic E-state index is 0.140. The molecule has 150 valence electrons. The van der Waals surface area contributed by atoms with Gasteiger partial charge in [-0.3, -0.25) is 0 Å². The Morgan fingerprint density at radius 3 is 2.14 bits per heavy atom. The molecule has 2 aliphatic rings. The molecule has 8 heteroatoms. The van der Waals surface area contributed by atoms with Crippen LogP contribution >= 0.6 is 0 Å². The molecule has 28 heavy (non-hydrogen) atoms. The smallest absolute Gasteiger partial charge is 0.233 e. The summed E-state index contributed by atoms with van der Waals surface area (Å²) in [6, 6.07) is 8.20. The van der Waals surface area contributed by atoms with Crippen molar-refractivity contribution in [3.63, 3.8) is 0 Å². The summed E-state index contributed by atoms with van der Waals surface area (Å²) >= 11 is 0. The van der Waals surface area contributed by atoms with Gasteiger partial charge in [0.25, 0.3) is 0 Å². The van der Waals surface area contributed by atoms with Crippen LogP contribution < -0.4 is 15.1 Å². The van der Waals surface area contributed by atoms with Crippen LogP contribution in [-0.2, 0) is 9.47 Å². The van der Waals surface area contributed by atoms with Gasteiger partial charge in [-0.2, -0.15) is 15.0 Å². The Morgan fingerprint density at radius 1 is 0.893 bits per heavy atom. The number of hydrogen-bond donors (Lipinski definition) is 1. The molecule has 4 rings (SSSR count). The average Bonchev–Trinajstić information content (AvgIpc) is 2.69. The van der Waals surface area contributed by atoms with Gasteiger partial charge in [-0.25, -0.2) is 0 Å². The minimum Gasteiger partial charge on any atom is -0.378 e. The molecule has 2 saturated heterocycles. The molecule has 0 spiro atoms. The van der Waals surface area contributed by atoms with Gasteiger partial charge in [0.1, 0.15) is 0 Å². The van der Waals surface area contributed by atoms with Gasteiger partial charge >= 0.3 is 0 Å². The van der Waals surface area contributed by atoms with E-state index < -0.39 is 0 Å². The molecular formula is C20H28N6O2. The Morgan fingerprint density at radius 2 is 1.50 bits per heavy atom. The summed E-state index contributed by atoms with van der Waals surface area (Å²) in [4.78, 5) is 18.5. The first kappa shape index (κ1) is 18.9. The highest BCUT2D eigenvalue weighted by atomic mass is 16.5. The van der Waals surface area contributed by atoms with Gasteiger partial charge in [-0.15, -0.1) is 0 Å². The molecular weight excluding hydrogens is 356 g/mol. The fraction of sp³-hybridized carbons (Fsp3) is 0.550. The van der Waals surface area contributed by atoms with Crippen LogP contribution in [0.2, 0.25) is 0 Å². The predicted octanol–water partition coefficient (Wildman–Crippen LogP) is 2.37. The van der Waals surface area contributed by atoms with Gasteiger partial charge in [0.2, 0.25) is 17.8 Å². The third kappa shape index (κ3) is 4.51. The number of anilines is 4. The monoisotopic (exact) mass is 384 g/mol. The van der Waals surface area contributed by atoms with E-state index in [0.717, 1.165) is 31.9 Å². The second-order valence-corrected chi connectivity index (χ2v) is 7.51. The number of benzene rings is 1. The van der Waals surface area contributed by atoms with Gasteiger partial charge in [-0.1, -0.05) is 17.7 Å². The number of rotatable bonds is 4. The van der Waals surface area contributed by atoms with Gasteiger partial charge in [0, 0.05) is 31.9 Å². The van der Waals surface area contributed by atoms with E-state index in [1.165, 1.54) is 5.56 Å². The quantitative estimate of drug-likeness (QED) is 0.861. The number of aromatic nitrogens is 3.